The summed E-state index contributed by atoms with van der Waals surface area (Å²) in [4.78, 5) is 25.3. The Hall–Kier alpha value is -2.04. The fourth-order valence-electron chi connectivity index (χ4n) is 3.22. The molecule has 1 unspecified atom stereocenters. The van der Waals surface area contributed by atoms with Crippen LogP contribution in [0.4, 0.5) is 0 Å². The van der Waals surface area contributed by atoms with E-state index in [1.54, 1.807) is 7.11 Å². The van der Waals surface area contributed by atoms with Gasteiger partial charge in [0, 0.05) is 26.4 Å². The molecule has 0 radical (unpaired) electrons. The molecule has 5 nitrogen and oxygen atoms in total. The van der Waals surface area contributed by atoms with Crippen molar-refractivity contribution in [3.05, 3.63) is 29.8 Å². The average Bonchev–Trinajstić information content (AvgIpc) is 3.07. The fraction of sp³-hybridized carbons (Fsp3) is 0.579. The largest absolute Gasteiger partial charge is 0.497 e. The third-order valence-corrected chi connectivity index (χ3v) is 4.52. The van der Waals surface area contributed by atoms with E-state index in [2.05, 4.69) is 17.4 Å². The van der Waals surface area contributed by atoms with Crippen LogP contribution in [-0.2, 0) is 9.59 Å². The van der Waals surface area contributed by atoms with Crippen LogP contribution in [0.2, 0.25) is 0 Å². The highest BCUT2D eigenvalue weighted by molar-refractivity contribution is 5.77. The van der Waals surface area contributed by atoms with E-state index >= 15 is 0 Å². The van der Waals surface area contributed by atoms with E-state index in [0.717, 1.165) is 44.4 Å². The summed E-state index contributed by atoms with van der Waals surface area (Å²) in [6.45, 7) is 3.07. The lowest BCUT2D eigenvalue weighted by molar-refractivity contribution is -0.132. The van der Waals surface area contributed by atoms with Crippen molar-refractivity contribution in [1.82, 2.24) is 10.2 Å². The Morgan fingerprint density at radius 3 is 2.62 bits per heavy atom. The Kier molecular flexibility index (Phi) is 7.09. The predicted octanol–water partition coefficient (Wildman–Crippen LogP) is 3.06. The molecule has 1 saturated heterocycles. The van der Waals surface area contributed by atoms with Gasteiger partial charge < -0.3 is 15.0 Å². The lowest BCUT2D eigenvalue weighted by Crippen LogP contribution is -2.30. The monoisotopic (exact) mass is 332 g/mol. The number of carbonyl (C=O) groups excluding carboxylic acids is 2. The summed E-state index contributed by atoms with van der Waals surface area (Å²) in [7, 11) is 1.66. The van der Waals surface area contributed by atoms with Crippen LogP contribution in [0.3, 0.4) is 0 Å². The minimum atomic E-state index is 0.00507. The number of nitrogens with zero attached hydrogens (tertiary/aromatic N) is 1. The number of hydrogen-bond donors (Lipinski definition) is 1. The summed E-state index contributed by atoms with van der Waals surface area (Å²) < 4.78 is 5.20. The maximum absolute atomic E-state index is 12.5. The molecule has 0 saturated carbocycles. The Labute approximate surface area is 144 Å². The zero-order valence-electron chi connectivity index (χ0n) is 14.7. The Balaban J connectivity index is 1.79. The summed E-state index contributed by atoms with van der Waals surface area (Å²) in [5.41, 5.74) is 1.19. The molecule has 1 N–H and O–H groups in total. The molecule has 5 heteroatoms. The highest BCUT2D eigenvalue weighted by Crippen LogP contribution is 2.33. The van der Waals surface area contributed by atoms with Gasteiger partial charge in [0.05, 0.1) is 13.2 Å². The van der Waals surface area contributed by atoms with Gasteiger partial charge in [-0.05, 0) is 43.4 Å². The first-order valence-electron chi connectivity index (χ1n) is 8.79. The van der Waals surface area contributed by atoms with Crippen LogP contribution in [0, 0.1) is 0 Å². The number of benzene rings is 1. The minimum Gasteiger partial charge on any atom is -0.497 e. The normalized spacial score (nSPS) is 16.9. The fourth-order valence-corrected chi connectivity index (χ4v) is 3.22. The molecule has 0 aromatic heterocycles. The molecule has 1 aromatic carbocycles. The first-order valence-corrected chi connectivity index (χ1v) is 8.79. The molecule has 1 aliphatic heterocycles. The molecule has 132 valence electrons. The molecule has 1 heterocycles. The van der Waals surface area contributed by atoms with Gasteiger partial charge in [0.2, 0.25) is 11.8 Å². The van der Waals surface area contributed by atoms with Gasteiger partial charge in [-0.2, -0.15) is 0 Å². The smallest absolute Gasteiger partial charge is 0.223 e. The van der Waals surface area contributed by atoms with Crippen molar-refractivity contribution in [1.29, 1.82) is 0 Å². The highest BCUT2D eigenvalue weighted by Gasteiger charge is 2.29. The van der Waals surface area contributed by atoms with Crippen LogP contribution in [0.25, 0.3) is 0 Å². The Morgan fingerprint density at radius 2 is 1.96 bits per heavy atom. The van der Waals surface area contributed by atoms with E-state index in [4.69, 9.17) is 4.74 Å². The van der Waals surface area contributed by atoms with E-state index in [-0.39, 0.29) is 17.9 Å². The van der Waals surface area contributed by atoms with Gasteiger partial charge in [-0.25, -0.2) is 0 Å². The Morgan fingerprint density at radius 1 is 1.21 bits per heavy atom. The van der Waals surface area contributed by atoms with Crippen LogP contribution in [0.15, 0.2) is 24.3 Å². The summed E-state index contributed by atoms with van der Waals surface area (Å²) in [6.07, 6.45) is 5.45. The lowest BCUT2D eigenvalue weighted by Gasteiger charge is -2.25. The first kappa shape index (κ1) is 18.3. The van der Waals surface area contributed by atoms with Crippen molar-refractivity contribution in [2.75, 3.05) is 20.2 Å². The van der Waals surface area contributed by atoms with Gasteiger partial charge >= 0.3 is 0 Å². The molecule has 1 fully saturated rings. The number of methoxy groups -OCH3 is 1. The van der Waals surface area contributed by atoms with Gasteiger partial charge in [-0.3, -0.25) is 9.59 Å². The van der Waals surface area contributed by atoms with Crippen LogP contribution in [0.1, 0.15) is 57.1 Å². The molecule has 1 aromatic rings. The van der Waals surface area contributed by atoms with Crippen LogP contribution in [0.5, 0.6) is 5.75 Å². The van der Waals surface area contributed by atoms with Crippen molar-refractivity contribution in [2.24, 2.45) is 0 Å². The number of amides is 2. The second-order valence-electron chi connectivity index (χ2n) is 6.31. The molecule has 0 spiro atoms. The number of likely N-dealkylation sites (tertiary alicyclic amines) is 1. The number of ether oxygens (including phenoxy) is 1. The summed E-state index contributed by atoms with van der Waals surface area (Å²) in [6, 6.07) is 8.23. The minimum absolute atomic E-state index is 0.00507. The van der Waals surface area contributed by atoms with Gasteiger partial charge in [0.25, 0.3) is 0 Å². The number of carbonyl (C=O) groups is 2. The molecule has 1 atom stereocenters. The topological polar surface area (TPSA) is 58.6 Å². The van der Waals surface area contributed by atoms with Crippen LogP contribution < -0.4 is 10.1 Å². The van der Waals surface area contributed by atoms with Crippen LogP contribution in [-0.4, -0.2) is 36.9 Å². The lowest BCUT2D eigenvalue weighted by atomic mass is 10.0. The second-order valence-corrected chi connectivity index (χ2v) is 6.31. The van der Waals surface area contributed by atoms with Crippen molar-refractivity contribution in [3.8, 4) is 5.75 Å². The van der Waals surface area contributed by atoms with Crippen LogP contribution >= 0.6 is 0 Å². The molecule has 24 heavy (non-hydrogen) atoms. The third kappa shape index (κ3) is 5.25. The van der Waals surface area contributed by atoms with Gasteiger partial charge in [-0.1, -0.05) is 18.6 Å². The molecule has 0 aliphatic carbocycles. The van der Waals surface area contributed by atoms with Gasteiger partial charge in [0.1, 0.15) is 5.75 Å². The number of unbranched alkanes of at least 4 members (excludes halogenated alkanes) is 2. The van der Waals surface area contributed by atoms with E-state index in [1.807, 2.05) is 17.0 Å². The summed E-state index contributed by atoms with van der Waals surface area (Å²) >= 11 is 0. The zero-order valence-corrected chi connectivity index (χ0v) is 14.7. The highest BCUT2D eigenvalue weighted by atomic mass is 16.5. The van der Waals surface area contributed by atoms with Crippen molar-refractivity contribution < 1.29 is 14.3 Å². The van der Waals surface area contributed by atoms with E-state index < -0.39 is 0 Å². The Bertz CT molecular complexity index is 542. The van der Waals surface area contributed by atoms with Crippen molar-refractivity contribution in [2.45, 2.75) is 51.5 Å². The average molecular weight is 332 g/mol. The summed E-state index contributed by atoms with van der Waals surface area (Å²) in [5.74, 6) is 1.09. The standard InChI is InChI=1S/C19H28N2O3/c1-15(22)20-13-5-3-4-8-19(23)21-14-6-7-18(21)16-9-11-17(24-2)12-10-16/h9-12,18H,3-8,13-14H2,1-2H3,(H,20,22). The first-order chi connectivity index (χ1) is 11.6. The molecule has 2 amide bonds. The SMILES string of the molecule is COc1ccc(C2CCCN2C(=O)CCCCCNC(C)=O)cc1. The molecule has 2 rings (SSSR count). The van der Waals surface area contributed by atoms with Gasteiger partial charge in [-0.15, -0.1) is 0 Å². The van der Waals surface area contributed by atoms with E-state index in [1.165, 1.54) is 12.5 Å². The molecule has 0 bridgehead atoms. The number of rotatable bonds is 8. The van der Waals surface area contributed by atoms with Gasteiger partial charge in [0.15, 0.2) is 0 Å². The number of hydrogen-bond acceptors (Lipinski definition) is 3. The molecular weight excluding hydrogens is 304 g/mol. The quantitative estimate of drug-likeness (QED) is 0.744. The van der Waals surface area contributed by atoms with E-state index in [9.17, 15) is 9.59 Å². The molecular formula is C19H28N2O3. The maximum atomic E-state index is 12.5. The van der Waals surface area contributed by atoms with E-state index in [0.29, 0.717) is 13.0 Å². The zero-order chi connectivity index (χ0) is 17.4. The van der Waals surface area contributed by atoms with Crippen molar-refractivity contribution in [3.63, 3.8) is 0 Å². The molecule has 1 aliphatic rings. The summed E-state index contributed by atoms with van der Waals surface area (Å²) in [5, 5.41) is 2.78. The maximum Gasteiger partial charge on any atom is 0.223 e. The number of nitrogens with one attached hydrogen (secondary N) is 1. The van der Waals surface area contributed by atoms with Crippen molar-refractivity contribution >= 4 is 11.8 Å². The predicted molar refractivity (Wildman–Crippen MR) is 93.8 cm³/mol. The second kappa shape index (κ2) is 9.30. The third-order valence-electron chi connectivity index (χ3n) is 4.52.